The molecule has 6 nitrogen and oxygen atoms in total. The minimum Gasteiger partial charge on any atom is -0.394 e. The van der Waals surface area contributed by atoms with Crippen molar-refractivity contribution in [1.29, 1.82) is 0 Å². The monoisotopic (exact) mass is 273 g/mol. The van der Waals surface area contributed by atoms with Crippen LogP contribution in [0.1, 0.15) is 19.3 Å². The molecule has 0 radical (unpaired) electrons. The van der Waals surface area contributed by atoms with Crippen molar-refractivity contribution in [3.05, 3.63) is 34.2 Å². The highest BCUT2D eigenvalue weighted by Gasteiger charge is 2.40. The van der Waals surface area contributed by atoms with Crippen molar-refractivity contribution in [3.8, 4) is 0 Å². The van der Waals surface area contributed by atoms with E-state index in [4.69, 9.17) is 4.74 Å². The molecular formula is C14H15N3O3. The number of fused-ring (bicyclic) bond motifs is 2. The molecule has 0 atom stereocenters. The number of carbonyl (C=O) groups excluding carboxylic acids is 1. The maximum Gasteiger partial charge on any atom is 0.273 e. The molecule has 0 aromatic carbocycles. The quantitative estimate of drug-likeness (QED) is 0.803. The van der Waals surface area contributed by atoms with Gasteiger partial charge >= 0.3 is 0 Å². The molecule has 0 bridgehead atoms. The Bertz CT molecular complexity index is 622. The predicted molar refractivity (Wildman–Crippen MR) is 69.6 cm³/mol. The maximum absolute atomic E-state index is 12.4. The summed E-state index contributed by atoms with van der Waals surface area (Å²) in [7, 11) is 0. The van der Waals surface area contributed by atoms with Gasteiger partial charge in [0.2, 0.25) is 0 Å². The predicted octanol–water partition coefficient (Wildman–Crippen LogP) is 0.962. The Labute approximate surface area is 115 Å². The lowest BCUT2D eigenvalue weighted by atomic mass is 9.90. The molecule has 0 spiro atoms. The number of nitrogens with one attached hydrogen (secondary N) is 1. The van der Waals surface area contributed by atoms with Crippen LogP contribution in [0.2, 0.25) is 0 Å². The summed E-state index contributed by atoms with van der Waals surface area (Å²) in [5.74, 6) is -0.256. The Morgan fingerprint density at radius 2 is 2.20 bits per heavy atom. The summed E-state index contributed by atoms with van der Waals surface area (Å²) in [6.45, 7) is 1.01. The van der Waals surface area contributed by atoms with Crippen molar-refractivity contribution < 1.29 is 14.6 Å². The molecule has 2 aliphatic carbocycles. The van der Waals surface area contributed by atoms with Gasteiger partial charge in [0, 0.05) is 25.2 Å². The van der Waals surface area contributed by atoms with Gasteiger partial charge in [-0.2, -0.15) is 0 Å². The molecule has 2 fully saturated rings. The molecule has 0 aromatic rings. The number of ether oxygens (including phenoxy) is 1. The third-order valence-electron chi connectivity index (χ3n) is 4.34. The highest BCUT2D eigenvalue weighted by molar-refractivity contribution is 5.97. The Balaban J connectivity index is 1.57. The summed E-state index contributed by atoms with van der Waals surface area (Å²) in [4.78, 5) is 12.4. The van der Waals surface area contributed by atoms with Gasteiger partial charge in [0.15, 0.2) is 5.70 Å². The fourth-order valence-corrected chi connectivity index (χ4v) is 2.93. The third kappa shape index (κ3) is 1.68. The van der Waals surface area contributed by atoms with Gasteiger partial charge in [-0.1, -0.05) is 0 Å². The van der Waals surface area contributed by atoms with Crippen molar-refractivity contribution >= 4 is 5.91 Å². The fourth-order valence-electron chi connectivity index (χ4n) is 2.93. The molecule has 0 unspecified atom stereocenters. The van der Waals surface area contributed by atoms with E-state index < -0.39 is 5.54 Å². The van der Waals surface area contributed by atoms with Gasteiger partial charge in [-0.05, 0) is 30.1 Å². The number of carbonyl (C=O) groups is 1. The van der Waals surface area contributed by atoms with Crippen molar-refractivity contribution in [1.82, 2.24) is 5.32 Å². The van der Waals surface area contributed by atoms with Gasteiger partial charge in [-0.3, -0.25) is 4.79 Å². The van der Waals surface area contributed by atoms with Gasteiger partial charge < -0.3 is 15.2 Å². The standard InChI is InChI=1S/C14H15N3O3/c18-7-14(1-3-20-4-2-14)15-13(19)12-10-6-8-5-9(8)11(10)16-17-12/h6,18H,1-5,7H2,(H,15,19). The molecule has 1 saturated carbocycles. The molecule has 2 aliphatic heterocycles. The van der Waals surface area contributed by atoms with Crippen molar-refractivity contribution in [2.45, 2.75) is 24.8 Å². The number of hydrogen-bond acceptors (Lipinski definition) is 5. The summed E-state index contributed by atoms with van der Waals surface area (Å²) >= 11 is 0. The Morgan fingerprint density at radius 3 is 2.95 bits per heavy atom. The molecule has 6 heteroatoms. The zero-order valence-electron chi connectivity index (χ0n) is 11.0. The molecule has 104 valence electrons. The normalized spacial score (nSPS) is 25.6. The highest BCUT2D eigenvalue weighted by Crippen LogP contribution is 2.51. The van der Waals surface area contributed by atoms with Crippen LogP contribution in [0.3, 0.4) is 0 Å². The largest absolute Gasteiger partial charge is 0.394 e. The molecule has 4 aliphatic rings. The molecule has 2 heterocycles. The van der Waals surface area contributed by atoms with Crippen LogP contribution in [0, 0.1) is 0 Å². The summed E-state index contributed by atoms with van der Waals surface area (Å²) < 4.78 is 5.29. The lowest BCUT2D eigenvalue weighted by Gasteiger charge is -2.36. The molecule has 20 heavy (non-hydrogen) atoms. The van der Waals surface area contributed by atoms with Gasteiger partial charge in [0.25, 0.3) is 5.91 Å². The van der Waals surface area contributed by atoms with E-state index >= 15 is 0 Å². The second-order valence-corrected chi connectivity index (χ2v) is 5.64. The summed E-state index contributed by atoms with van der Waals surface area (Å²) in [6.07, 6.45) is 4.20. The lowest BCUT2D eigenvalue weighted by Crippen LogP contribution is -2.54. The smallest absolute Gasteiger partial charge is 0.273 e. The van der Waals surface area contributed by atoms with E-state index in [9.17, 15) is 9.90 Å². The van der Waals surface area contributed by atoms with Gasteiger partial charge in [-0.15, -0.1) is 10.2 Å². The minimum atomic E-state index is -0.594. The molecule has 0 aromatic heterocycles. The number of amides is 1. The van der Waals surface area contributed by atoms with Crippen LogP contribution < -0.4 is 5.32 Å². The third-order valence-corrected chi connectivity index (χ3v) is 4.34. The first-order valence-electron chi connectivity index (χ1n) is 6.84. The Kier molecular flexibility index (Phi) is 2.46. The molecule has 4 rings (SSSR count). The molecular weight excluding hydrogens is 258 g/mol. The SMILES string of the molecule is O=C(NC1(CO)CCOCC1)C1=C2C=C3CC3=C2N=N1. The van der Waals surface area contributed by atoms with E-state index in [1.807, 2.05) is 6.08 Å². The number of aliphatic hydroxyl groups excluding tert-OH is 1. The van der Waals surface area contributed by atoms with Crippen LogP contribution in [-0.2, 0) is 9.53 Å². The average molecular weight is 273 g/mol. The zero-order chi connectivity index (χ0) is 13.7. The van der Waals surface area contributed by atoms with Crippen LogP contribution >= 0.6 is 0 Å². The summed E-state index contributed by atoms with van der Waals surface area (Å²) in [5, 5.41) is 20.6. The Hall–Kier alpha value is -1.79. The number of hydrogen-bond donors (Lipinski definition) is 2. The highest BCUT2D eigenvalue weighted by atomic mass is 16.5. The van der Waals surface area contributed by atoms with Crippen LogP contribution in [0.15, 0.2) is 44.4 Å². The van der Waals surface area contributed by atoms with Crippen LogP contribution in [0.5, 0.6) is 0 Å². The number of azo groups is 1. The zero-order valence-corrected chi connectivity index (χ0v) is 11.0. The summed E-state index contributed by atoms with van der Waals surface area (Å²) in [6, 6.07) is 0. The molecule has 1 saturated heterocycles. The van der Waals surface area contributed by atoms with E-state index in [2.05, 4.69) is 15.5 Å². The van der Waals surface area contributed by atoms with Crippen LogP contribution in [0.4, 0.5) is 0 Å². The second kappa shape index (κ2) is 4.10. The fraction of sp³-hybridized carbons (Fsp3) is 0.500. The van der Waals surface area contributed by atoms with Crippen LogP contribution in [-0.4, -0.2) is 36.4 Å². The average Bonchev–Trinajstić information content (AvgIpc) is 2.95. The van der Waals surface area contributed by atoms with Crippen molar-refractivity contribution in [2.75, 3.05) is 19.8 Å². The van der Waals surface area contributed by atoms with E-state index in [1.165, 1.54) is 11.1 Å². The van der Waals surface area contributed by atoms with Gasteiger partial charge in [-0.25, -0.2) is 0 Å². The van der Waals surface area contributed by atoms with Gasteiger partial charge in [0.05, 0.1) is 17.8 Å². The van der Waals surface area contributed by atoms with E-state index in [0.29, 0.717) is 31.8 Å². The number of rotatable bonds is 3. The van der Waals surface area contributed by atoms with Crippen LogP contribution in [0.25, 0.3) is 0 Å². The minimum absolute atomic E-state index is 0.0864. The molecule has 1 amide bonds. The number of allylic oxidation sites excluding steroid dienone is 3. The maximum atomic E-state index is 12.4. The second-order valence-electron chi connectivity index (χ2n) is 5.64. The Morgan fingerprint density at radius 1 is 1.40 bits per heavy atom. The first-order valence-corrected chi connectivity index (χ1v) is 6.84. The number of aliphatic hydroxyl groups is 1. The van der Waals surface area contributed by atoms with Crippen molar-refractivity contribution in [2.24, 2.45) is 10.2 Å². The van der Waals surface area contributed by atoms with E-state index in [0.717, 1.165) is 17.7 Å². The first-order chi connectivity index (χ1) is 9.72. The number of nitrogens with zero attached hydrogens (tertiary/aromatic N) is 2. The van der Waals surface area contributed by atoms with E-state index in [-0.39, 0.29) is 12.5 Å². The van der Waals surface area contributed by atoms with E-state index in [1.54, 1.807) is 0 Å². The lowest BCUT2D eigenvalue weighted by molar-refractivity contribution is -0.121. The van der Waals surface area contributed by atoms with Gasteiger partial charge in [0.1, 0.15) is 0 Å². The first kappa shape index (κ1) is 12.0. The summed E-state index contributed by atoms with van der Waals surface area (Å²) in [5.41, 5.74) is 3.94. The molecule has 2 N–H and O–H groups in total. The van der Waals surface area contributed by atoms with Crippen molar-refractivity contribution in [3.63, 3.8) is 0 Å². The topological polar surface area (TPSA) is 83.3 Å².